The van der Waals surface area contributed by atoms with Crippen molar-refractivity contribution in [3.63, 3.8) is 0 Å². The summed E-state index contributed by atoms with van der Waals surface area (Å²) in [5.41, 5.74) is 4.94. The summed E-state index contributed by atoms with van der Waals surface area (Å²) >= 11 is 0. The van der Waals surface area contributed by atoms with E-state index < -0.39 is 0 Å². The van der Waals surface area contributed by atoms with Crippen molar-refractivity contribution in [3.05, 3.63) is 95.7 Å². The lowest BCUT2D eigenvalue weighted by Gasteiger charge is -2.16. The Kier molecular flexibility index (Phi) is 5.72. The molecule has 1 atom stereocenters. The predicted molar refractivity (Wildman–Crippen MR) is 131 cm³/mol. The van der Waals surface area contributed by atoms with Crippen LogP contribution in [0.25, 0.3) is 33.8 Å². The van der Waals surface area contributed by atoms with Gasteiger partial charge in [0.1, 0.15) is 11.4 Å². The lowest BCUT2D eigenvalue weighted by Crippen LogP contribution is -2.27. The van der Waals surface area contributed by atoms with Crippen molar-refractivity contribution >= 4 is 17.0 Å². The molecule has 0 fully saturated rings. The van der Waals surface area contributed by atoms with Gasteiger partial charge in [-0.15, -0.1) is 0 Å². The molecule has 2 aromatic carbocycles. The monoisotopic (exact) mass is 451 g/mol. The average Bonchev–Trinajstić information content (AvgIpc) is 3.54. The molecule has 1 unspecified atom stereocenters. The highest BCUT2D eigenvalue weighted by atomic mass is 16.5. The molecule has 0 spiro atoms. The quantitative estimate of drug-likeness (QED) is 0.308. The summed E-state index contributed by atoms with van der Waals surface area (Å²) in [4.78, 5) is 18.1. The second-order valence-electron chi connectivity index (χ2n) is 8.63. The number of pyridine rings is 1. The molecule has 0 bridgehead atoms. The molecule has 6 heteroatoms. The van der Waals surface area contributed by atoms with E-state index in [2.05, 4.69) is 53.6 Å². The molecule has 34 heavy (non-hydrogen) atoms. The van der Waals surface area contributed by atoms with Crippen molar-refractivity contribution in [2.75, 3.05) is 0 Å². The van der Waals surface area contributed by atoms with Crippen molar-refractivity contribution in [2.24, 2.45) is 0 Å². The van der Waals surface area contributed by atoms with Crippen LogP contribution in [0.15, 0.2) is 88.0 Å². The van der Waals surface area contributed by atoms with Gasteiger partial charge in [0.2, 0.25) is 0 Å². The topological polar surface area (TPSA) is 81.2 Å². The molecular formula is C28H25N3O3. The van der Waals surface area contributed by atoms with Gasteiger partial charge in [-0.05, 0) is 42.2 Å². The number of nitrogens with zero attached hydrogens (tertiary/aromatic N) is 2. The third-order valence-corrected chi connectivity index (χ3v) is 5.96. The van der Waals surface area contributed by atoms with Crippen molar-refractivity contribution in [1.82, 2.24) is 15.5 Å². The molecule has 0 aliphatic carbocycles. The first-order chi connectivity index (χ1) is 16.5. The molecule has 1 amide bonds. The molecule has 0 saturated carbocycles. The van der Waals surface area contributed by atoms with Crippen LogP contribution in [0.1, 0.15) is 54.2 Å². The van der Waals surface area contributed by atoms with Crippen LogP contribution in [-0.4, -0.2) is 16.0 Å². The molecule has 0 aliphatic heterocycles. The van der Waals surface area contributed by atoms with Crippen LogP contribution in [0.5, 0.6) is 0 Å². The second-order valence-corrected chi connectivity index (χ2v) is 8.63. The summed E-state index contributed by atoms with van der Waals surface area (Å²) in [7, 11) is 0. The van der Waals surface area contributed by atoms with Crippen LogP contribution in [0.3, 0.4) is 0 Å². The largest absolute Gasteiger partial charge is 0.463 e. The maximum absolute atomic E-state index is 13.6. The standard InChI is InChI=1S/C28H25N3O3/c1-17(2)19-11-13-20(14-12-19)18(3)29-27(32)22-16-23(24-10-7-15-33-24)30-28-25(22)26(31-34-28)21-8-5-4-6-9-21/h4-18H,1-3H3,(H,29,32). The number of fused-ring (bicyclic) bond motifs is 1. The Morgan fingerprint density at radius 3 is 2.32 bits per heavy atom. The summed E-state index contributed by atoms with van der Waals surface area (Å²) in [6, 6.07) is 23.1. The van der Waals surface area contributed by atoms with Crippen LogP contribution in [0, 0.1) is 0 Å². The van der Waals surface area contributed by atoms with E-state index in [0.717, 1.165) is 11.1 Å². The Morgan fingerprint density at radius 2 is 1.65 bits per heavy atom. The summed E-state index contributed by atoms with van der Waals surface area (Å²) in [5, 5.41) is 7.94. The number of amides is 1. The van der Waals surface area contributed by atoms with Crippen LogP contribution in [0.2, 0.25) is 0 Å². The van der Waals surface area contributed by atoms with Crippen LogP contribution in [0.4, 0.5) is 0 Å². The third kappa shape index (κ3) is 4.10. The number of hydrogen-bond donors (Lipinski definition) is 1. The van der Waals surface area contributed by atoms with Gasteiger partial charge in [-0.25, -0.2) is 4.98 Å². The average molecular weight is 452 g/mol. The molecule has 5 aromatic rings. The fourth-order valence-corrected chi connectivity index (χ4v) is 4.00. The number of hydrogen-bond acceptors (Lipinski definition) is 5. The SMILES string of the molecule is CC(C)c1ccc(C(C)NC(=O)c2cc(-c3ccco3)nc3onc(-c4ccccc4)c23)cc1. The smallest absolute Gasteiger partial charge is 0.259 e. The zero-order valence-corrected chi connectivity index (χ0v) is 19.3. The van der Waals surface area contributed by atoms with Gasteiger partial charge in [-0.3, -0.25) is 4.79 Å². The minimum absolute atomic E-state index is 0.191. The van der Waals surface area contributed by atoms with Gasteiger partial charge < -0.3 is 14.3 Å². The Bertz CT molecular complexity index is 1420. The molecule has 1 N–H and O–H groups in total. The number of carbonyl (C=O) groups excluding carboxylic acids is 1. The van der Waals surface area contributed by atoms with Crippen molar-refractivity contribution in [1.29, 1.82) is 0 Å². The number of aromatic nitrogens is 2. The van der Waals surface area contributed by atoms with Gasteiger partial charge in [0, 0.05) is 5.56 Å². The normalized spacial score (nSPS) is 12.2. The van der Waals surface area contributed by atoms with E-state index in [9.17, 15) is 4.79 Å². The summed E-state index contributed by atoms with van der Waals surface area (Å²) < 4.78 is 11.1. The first kappa shape index (κ1) is 21.6. The van der Waals surface area contributed by atoms with Gasteiger partial charge in [0.15, 0.2) is 5.76 Å². The Morgan fingerprint density at radius 1 is 0.912 bits per heavy atom. The Balaban J connectivity index is 1.56. The number of furan rings is 1. The fourth-order valence-electron chi connectivity index (χ4n) is 4.00. The molecule has 0 saturated heterocycles. The number of nitrogens with one attached hydrogen (secondary N) is 1. The molecule has 6 nitrogen and oxygen atoms in total. The first-order valence-corrected chi connectivity index (χ1v) is 11.3. The number of rotatable bonds is 6. The fraction of sp³-hybridized carbons (Fsp3) is 0.179. The van der Waals surface area contributed by atoms with E-state index in [-0.39, 0.29) is 17.7 Å². The lowest BCUT2D eigenvalue weighted by molar-refractivity contribution is 0.0941. The van der Waals surface area contributed by atoms with Gasteiger partial charge in [0.05, 0.1) is 23.3 Å². The van der Waals surface area contributed by atoms with Gasteiger partial charge >= 0.3 is 0 Å². The highest BCUT2D eigenvalue weighted by molar-refractivity contribution is 6.10. The van der Waals surface area contributed by atoms with E-state index in [0.29, 0.717) is 34.0 Å². The minimum atomic E-state index is -0.235. The second kappa shape index (κ2) is 8.98. The van der Waals surface area contributed by atoms with Gasteiger partial charge in [-0.1, -0.05) is 73.6 Å². The van der Waals surface area contributed by atoms with Crippen LogP contribution in [-0.2, 0) is 0 Å². The van der Waals surface area contributed by atoms with Crippen molar-refractivity contribution in [3.8, 4) is 22.7 Å². The van der Waals surface area contributed by atoms with E-state index in [4.69, 9.17) is 8.94 Å². The zero-order valence-electron chi connectivity index (χ0n) is 19.3. The van der Waals surface area contributed by atoms with E-state index in [1.807, 2.05) is 37.3 Å². The van der Waals surface area contributed by atoms with Gasteiger partial charge in [0.25, 0.3) is 11.6 Å². The summed E-state index contributed by atoms with van der Waals surface area (Å²) in [6.45, 7) is 6.30. The number of carbonyl (C=O) groups is 1. The number of benzene rings is 2. The lowest BCUT2D eigenvalue weighted by atomic mass is 9.99. The maximum atomic E-state index is 13.6. The van der Waals surface area contributed by atoms with E-state index >= 15 is 0 Å². The Labute approximate surface area is 197 Å². The molecule has 0 aliphatic rings. The van der Waals surface area contributed by atoms with Crippen LogP contribution < -0.4 is 5.32 Å². The molecule has 170 valence electrons. The van der Waals surface area contributed by atoms with E-state index in [1.54, 1.807) is 24.5 Å². The molecule has 3 heterocycles. The maximum Gasteiger partial charge on any atom is 0.259 e. The molecule has 0 radical (unpaired) electrons. The highest BCUT2D eigenvalue weighted by Crippen LogP contribution is 2.33. The van der Waals surface area contributed by atoms with Crippen molar-refractivity contribution in [2.45, 2.75) is 32.7 Å². The van der Waals surface area contributed by atoms with Crippen LogP contribution >= 0.6 is 0 Å². The molecular weight excluding hydrogens is 426 g/mol. The first-order valence-electron chi connectivity index (χ1n) is 11.3. The van der Waals surface area contributed by atoms with E-state index in [1.165, 1.54) is 5.56 Å². The van der Waals surface area contributed by atoms with Gasteiger partial charge in [-0.2, -0.15) is 0 Å². The highest BCUT2D eigenvalue weighted by Gasteiger charge is 2.23. The Hall–Kier alpha value is -4.19. The molecule has 5 rings (SSSR count). The third-order valence-electron chi connectivity index (χ3n) is 5.96. The zero-order chi connectivity index (χ0) is 23.7. The molecule has 3 aromatic heterocycles. The van der Waals surface area contributed by atoms with Crippen molar-refractivity contribution < 1.29 is 13.7 Å². The summed E-state index contributed by atoms with van der Waals surface area (Å²) in [6.07, 6.45) is 1.57. The predicted octanol–water partition coefficient (Wildman–Crippen LogP) is 6.76. The summed E-state index contributed by atoms with van der Waals surface area (Å²) in [5.74, 6) is 0.765. The minimum Gasteiger partial charge on any atom is -0.463 e.